The van der Waals surface area contributed by atoms with Gasteiger partial charge < -0.3 is 5.32 Å². The molecular weight excluding hydrogens is 539 g/mol. The summed E-state index contributed by atoms with van der Waals surface area (Å²) in [6.45, 7) is 0. The van der Waals surface area contributed by atoms with Gasteiger partial charge in [0.25, 0.3) is 5.91 Å². The van der Waals surface area contributed by atoms with Crippen molar-refractivity contribution in [2.75, 3.05) is 0 Å². The minimum absolute atomic E-state index is 0.0890. The number of aromatic amines is 1. The van der Waals surface area contributed by atoms with Crippen molar-refractivity contribution in [3.05, 3.63) is 77.2 Å². The molecule has 2 N–H and O–H groups in total. The smallest absolute Gasteiger partial charge is 0.316 e. The Bertz CT molecular complexity index is 1350. The van der Waals surface area contributed by atoms with Crippen LogP contribution in [0.15, 0.2) is 55.0 Å². The zero-order valence-corrected chi connectivity index (χ0v) is 19.6. The fourth-order valence-corrected chi connectivity index (χ4v) is 5.04. The van der Waals surface area contributed by atoms with Gasteiger partial charge in [0.2, 0.25) is 0 Å². The summed E-state index contributed by atoms with van der Waals surface area (Å²) in [6.07, 6.45) is 5.89. The molecule has 0 saturated heterocycles. The van der Waals surface area contributed by atoms with Gasteiger partial charge in [-0.1, -0.05) is 28.8 Å². The molecule has 2 aromatic carbocycles. The van der Waals surface area contributed by atoms with Crippen LogP contribution in [-0.2, 0) is 10.4 Å². The van der Waals surface area contributed by atoms with Crippen LogP contribution in [0.5, 0.6) is 0 Å². The second-order valence-electron chi connectivity index (χ2n) is 7.90. The molecule has 9 heteroatoms. The predicted octanol–water partition coefficient (Wildman–Crippen LogP) is 5.28. The van der Waals surface area contributed by atoms with Gasteiger partial charge in [-0.05, 0) is 69.3 Å². The monoisotopic (exact) mass is 559 g/mol. The lowest BCUT2D eigenvalue weighted by atomic mass is 9.86. The summed E-state index contributed by atoms with van der Waals surface area (Å²) < 4.78 is 28.2. The molecule has 0 radical (unpaired) electrons. The quantitative estimate of drug-likeness (QED) is 0.258. The number of fused-ring (bicyclic) bond motifs is 2. The summed E-state index contributed by atoms with van der Waals surface area (Å²) in [6, 6.07) is 11.5. The highest BCUT2D eigenvalue weighted by Gasteiger charge is 2.28. The van der Waals surface area contributed by atoms with Crippen molar-refractivity contribution in [2.24, 2.45) is 0 Å². The minimum Gasteiger partial charge on any atom is -0.345 e. The maximum Gasteiger partial charge on any atom is 0.316 e. The third-order valence-electron chi connectivity index (χ3n) is 5.93. The number of rotatable bonds is 5. The number of alkyl halides is 3. The highest BCUT2D eigenvalue weighted by Crippen LogP contribution is 2.38. The lowest BCUT2D eigenvalue weighted by Gasteiger charge is -2.27. The number of nitrogens with one attached hydrogen (secondary N) is 2. The molecule has 2 aromatic heterocycles. The van der Waals surface area contributed by atoms with Crippen LogP contribution in [0.25, 0.3) is 22.3 Å². The van der Waals surface area contributed by atoms with E-state index in [0.717, 1.165) is 47.0 Å². The molecule has 1 unspecified atom stereocenters. The average Bonchev–Trinajstić information content (AvgIpc) is 3.33. The van der Waals surface area contributed by atoms with Gasteiger partial charge in [0.05, 0.1) is 23.3 Å². The Labute approximate surface area is 198 Å². The molecule has 1 atom stereocenters. The number of carbonyl (C=O) groups excluding carboxylic acids is 1. The van der Waals surface area contributed by atoms with E-state index >= 15 is 0 Å². The molecule has 0 saturated carbocycles. The zero-order chi connectivity index (χ0) is 23.0. The molecule has 2 heterocycles. The van der Waals surface area contributed by atoms with Crippen molar-refractivity contribution in [2.45, 2.75) is 29.2 Å². The van der Waals surface area contributed by atoms with Gasteiger partial charge in [-0.2, -0.15) is 13.9 Å². The first-order chi connectivity index (χ1) is 16.0. The second-order valence-corrected chi connectivity index (χ2v) is 10.0. The van der Waals surface area contributed by atoms with E-state index in [1.54, 1.807) is 6.20 Å². The van der Waals surface area contributed by atoms with Crippen molar-refractivity contribution < 1.29 is 13.6 Å². The van der Waals surface area contributed by atoms with Gasteiger partial charge >= 0.3 is 3.93 Å². The van der Waals surface area contributed by atoms with Crippen LogP contribution in [0.3, 0.4) is 0 Å². The first-order valence-electron chi connectivity index (χ1n) is 10.4. The molecule has 1 amide bonds. The van der Waals surface area contributed by atoms with Crippen LogP contribution in [-0.4, -0.2) is 30.6 Å². The Kier molecular flexibility index (Phi) is 5.73. The van der Waals surface area contributed by atoms with E-state index in [9.17, 15) is 13.6 Å². The molecule has 0 spiro atoms. The molecule has 5 rings (SSSR count). The fourth-order valence-electron chi connectivity index (χ4n) is 4.24. The van der Waals surface area contributed by atoms with E-state index in [4.69, 9.17) is 0 Å². The third kappa shape index (κ3) is 4.17. The standard InChI is InChI=1S/C24H20F2IN5O/c1-27-24(25,26)17-8-5-14(6-9-17)23(33)31-20-4-2-3-15-11-16(7-10-18(15)20)21-19-12-30-32-22(19)29-13-28-21/h5-13,20H,1-4H2,(H,31,33)(H,28,29,30,32). The lowest BCUT2D eigenvalue weighted by Crippen LogP contribution is -2.31. The lowest BCUT2D eigenvalue weighted by molar-refractivity contribution is 0.0931. The molecule has 0 fully saturated rings. The zero-order valence-electron chi connectivity index (χ0n) is 17.5. The maximum absolute atomic E-state index is 13.9. The Balaban J connectivity index is 1.38. The van der Waals surface area contributed by atoms with Gasteiger partial charge in [0, 0.05) is 16.7 Å². The Hall–Kier alpha value is -3.08. The largest absolute Gasteiger partial charge is 0.345 e. The van der Waals surface area contributed by atoms with E-state index in [-0.39, 0.29) is 17.5 Å². The van der Waals surface area contributed by atoms with E-state index in [0.29, 0.717) is 11.2 Å². The van der Waals surface area contributed by atoms with Crippen molar-refractivity contribution in [3.8, 4) is 11.3 Å². The van der Waals surface area contributed by atoms with E-state index < -0.39 is 24.7 Å². The number of benzene rings is 2. The van der Waals surface area contributed by atoms with Crippen LogP contribution in [0.2, 0.25) is 0 Å². The summed E-state index contributed by atoms with van der Waals surface area (Å²) in [4.78, 5) is 21.5. The van der Waals surface area contributed by atoms with Crippen LogP contribution in [0.4, 0.5) is 8.78 Å². The van der Waals surface area contributed by atoms with Crippen LogP contribution >= 0.6 is 20.7 Å². The van der Waals surface area contributed by atoms with Gasteiger partial charge in [-0.3, -0.25) is 9.89 Å². The van der Waals surface area contributed by atoms with Crippen LogP contribution in [0, 0.1) is 0 Å². The molecule has 0 bridgehead atoms. The first-order valence-corrected chi connectivity index (χ1v) is 13.0. The summed E-state index contributed by atoms with van der Waals surface area (Å²) >= 11 is -1.51. The molecule has 4 aromatic rings. The van der Waals surface area contributed by atoms with E-state index in [2.05, 4.69) is 36.1 Å². The number of hydrogen-bond acceptors (Lipinski definition) is 4. The third-order valence-corrected chi connectivity index (χ3v) is 7.51. The number of aryl methyl sites for hydroxylation is 1. The van der Waals surface area contributed by atoms with Crippen molar-refractivity contribution in [1.29, 1.82) is 0 Å². The van der Waals surface area contributed by atoms with Crippen molar-refractivity contribution >= 4 is 42.2 Å². The molecule has 0 aliphatic heterocycles. The molecule has 33 heavy (non-hydrogen) atoms. The van der Waals surface area contributed by atoms with E-state index in [1.807, 2.05) is 12.1 Å². The molecular formula is C24H20F2IN5O. The fraction of sp³-hybridized carbons (Fsp3) is 0.208. The van der Waals surface area contributed by atoms with E-state index in [1.165, 1.54) is 30.6 Å². The van der Waals surface area contributed by atoms with Crippen molar-refractivity contribution in [3.63, 3.8) is 0 Å². The number of amides is 1. The van der Waals surface area contributed by atoms with Gasteiger partial charge in [-0.15, -0.1) is 0 Å². The number of carbonyl (C=O) groups is 1. The average molecular weight is 559 g/mol. The Morgan fingerprint density at radius 3 is 2.79 bits per heavy atom. The summed E-state index contributed by atoms with van der Waals surface area (Å²) in [7, 11) is 0. The Morgan fingerprint density at radius 2 is 2.00 bits per heavy atom. The highest BCUT2D eigenvalue weighted by atomic mass is 127. The van der Waals surface area contributed by atoms with Crippen LogP contribution < -0.4 is 5.32 Å². The summed E-state index contributed by atoms with van der Waals surface area (Å²) in [5, 5.41) is 10.8. The normalized spacial score (nSPS) is 15.9. The number of aromatic nitrogens is 4. The summed E-state index contributed by atoms with van der Waals surface area (Å²) in [5.74, 6) is -0.271. The minimum atomic E-state index is -2.89. The molecule has 1 aliphatic carbocycles. The first kappa shape index (κ1) is 21.7. The topological polar surface area (TPSA) is 83.6 Å². The van der Waals surface area contributed by atoms with Gasteiger partial charge in [-0.25, -0.2) is 9.97 Å². The molecule has 1 aliphatic rings. The number of hydrogen-bond donors (Lipinski definition) is 2. The summed E-state index contributed by atoms with van der Waals surface area (Å²) in [5.41, 5.74) is 4.97. The number of halogens is 3. The van der Waals surface area contributed by atoms with Gasteiger partial charge in [0.1, 0.15) is 6.33 Å². The molecule has 168 valence electrons. The van der Waals surface area contributed by atoms with Crippen molar-refractivity contribution in [1.82, 2.24) is 25.5 Å². The Morgan fingerprint density at radius 1 is 1.18 bits per heavy atom. The number of H-pyrrole nitrogens is 1. The second kappa shape index (κ2) is 8.69. The van der Waals surface area contributed by atoms with Gasteiger partial charge in [0.15, 0.2) is 5.65 Å². The molecule has 6 nitrogen and oxygen atoms in total. The number of nitrogens with zero attached hydrogens (tertiary/aromatic N) is 3. The maximum atomic E-state index is 13.9. The highest BCUT2D eigenvalue weighted by molar-refractivity contribution is 14.2. The van der Waals surface area contributed by atoms with Crippen LogP contribution in [0.1, 0.15) is 45.9 Å². The SMILES string of the molecule is C=IC(F)(F)c1ccc(C(=O)NC2CCCc3cc(-c4ncnc5[nH]ncc45)ccc32)cc1. The predicted molar refractivity (Wildman–Crippen MR) is 132 cm³/mol.